The number of fused-ring (bicyclic) bond motifs is 1. The highest BCUT2D eigenvalue weighted by molar-refractivity contribution is 5.88. The van der Waals surface area contributed by atoms with Gasteiger partial charge >= 0.3 is 0 Å². The maximum atomic E-state index is 13.2. The first kappa shape index (κ1) is 21.9. The Morgan fingerprint density at radius 3 is 2.25 bits per heavy atom. The van der Waals surface area contributed by atoms with Crippen LogP contribution in [0.3, 0.4) is 0 Å². The molecular formula is C21H20O11. The van der Waals surface area contributed by atoms with Crippen molar-refractivity contribution in [1.29, 1.82) is 0 Å². The second-order valence-electron chi connectivity index (χ2n) is 7.29. The second kappa shape index (κ2) is 8.30. The fourth-order valence-electron chi connectivity index (χ4n) is 3.46. The maximum Gasteiger partial charge on any atom is 0.239 e. The summed E-state index contributed by atoms with van der Waals surface area (Å²) in [5.74, 6) is -1.73. The molecule has 1 fully saturated rings. The molecular weight excluding hydrogens is 428 g/mol. The lowest BCUT2D eigenvalue weighted by atomic mass is 9.99. The van der Waals surface area contributed by atoms with Crippen LogP contribution < -0.4 is 10.2 Å². The Balaban J connectivity index is 1.89. The van der Waals surface area contributed by atoms with Gasteiger partial charge in [-0.25, -0.2) is 0 Å². The minimum atomic E-state index is -1.80. The van der Waals surface area contributed by atoms with Gasteiger partial charge in [0.25, 0.3) is 0 Å². The lowest BCUT2D eigenvalue weighted by molar-refractivity contribution is -0.277. The van der Waals surface area contributed by atoms with Gasteiger partial charge in [-0.15, -0.1) is 0 Å². The molecule has 3 aromatic rings. The van der Waals surface area contributed by atoms with Gasteiger partial charge in [0.05, 0.1) is 6.61 Å². The van der Waals surface area contributed by atoms with Gasteiger partial charge in [-0.2, -0.15) is 0 Å². The summed E-state index contributed by atoms with van der Waals surface area (Å²) in [6, 6.07) is 7.48. The lowest BCUT2D eigenvalue weighted by Crippen LogP contribution is -2.60. The van der Waals surface area contributed by atoms with Crippen molar-refractivity contribution >= 4 is 11.0 Å². The monoisotopic (exact) mass is 448 g/mol. The van der Waals surface area contributed by atoms with Gasteiger partial charge in [0.1, 0.15) is 52.6 Å². The Hall–Kier alpha value is -3.35. The third-order valence-corrected chi connectivity index (χ3v) is 5.13. The van der Waals surface area contributed by atoms with Crippen molar-refractivity contribution in [2.24, 2.45) is 0 Å². The average molecular weight is 448 g/mol. The van der Waals surface area contributed by atoms with Gasteiger partial charge < -0.3 is 49.6 Å². The summed E-state index contributed by atoms with van der Waals surface area (Å²) in [7, 11) is 0. The molecule has 2 heterocycles. The zero-order valence-electron chi connectivity index (χ0n) is 16.3. The van der Waals surface area contributed by atoms with Crippen molar-refractivity contribution in [1.82, 2.24) is 0 Å². The van der Waals surface area contributed by atoms with Gasteiger partial charge in [0.2, 0.25) is 17.5 Å². The predicted octanol–water partition coefficient (Wildman–Crippen LogP) is -0.244. The largest absolute Gasteiger partial charge is 0.508 e. The van der Waals surface area contributed by atoms with E-state index in [2.05, 4.69) is 0 Å². The molecule has 170 valence electrons. The maximum absolute atomic E-state index is 13.2. The van der Waals surface area contributed by atoms with Gasteiger partial charge in [-0.3, -0.25) is 4.79 Å². The molecule has 1 aliphatic heterocycles. The molecule has 2 aromatic carbocycles. The van der Waals surface area contributed by atoms with Crippen molar-refractivity contribution in [3.05, 3.63) is 46.6 Å². The first-order valence-electron chi connectivity index (χ1n) is 9.50. The van der Waals surface area contributed by atoms with Crippen LogP contribution in [0.5, 0.6) is 23.0 Å². The Morgan fingerprint density at radius 2 is 1.59 bits per heavy atom. The third kappa shape index (κ3) is 3.72. The molecule has 0 radical (unpaired) electrons. The molecule has 0 bridgehead atoms. The summed E-state index contributed by atoms with van der Waals surface area (Å²) in [4.78, 5) is 13.2. The van der Waals surface area contributed by atoms with Crippen molar-refractivity contribution in [2.45, 2.75) is 30.7 Å². The molecule has 32 heavy (non-hydrogen) atoms. The van der Waals surface area contributed by atoms with E-state index in [0.29, 0.717) is 0 Å². The van der Waals surface area contributed by atoms with Gasteiger partial charge in [0, 0.05) is 17.7 Å². The van der Waals surface area contributed by atoms with Crippen LogP contribution in [-0.4, -0.2) is 73.1 Å². The number of hydrogen-bond acceptors (Lipinski definition) is 11. The normalized spacial score (nSPS) is 25.7. The van der Waals surface area contributed by atoms with E-state index in [4.69, 9.17) is 13.9 Å². The van der Waals surface area contributed by atoms with Crippen LogP contribution >= 0.6 is 0 Å². The highest BCUT2D eigenvalue weighted by Gasteiger charge is 2.45. The number of phenols is 3. The van der Waals surface area contributed by atoms with Crippen LogP contribution in [0, 0.1) is 0 Å². The summed E-state index contributed by atoms with van der Waals surface area (Å²) in [5, 5.41) is 68.8. The molecule has 1 aliphatic rings. The number of ether oxygens (including phenoxy) is 2. The number of rotatable bonds is 4. The quantitative estimate of drug-likeness (QED) is 0.279. The van der Waals surface area contributed by atoms with E-state index >= 15 is 0 Å². The van der Waals surface area contributed by atoms with Gasteiger partial charge in [-0.05, 0) is 24.3 Å². The molecule has 0 saturated carbocycles. The number of benzene rings is 2. The highest BCUT2D eigenvalue weighted by Crippen LogP contribution is 2.37. The highest BCUT2D eigenvalue weighted by atomic mass is 16.7. The van der Waals surface area contributed by atoms with Crippen LogP contribution in [0.1, 0.15) is 0 Å². The minimum Gasteiger partial charge on any atom is -0.508 e. The summed E-state index contributed by atoms with van der Waals surface area (Å²) in [5.41, 5.74) is -0.801. The fraction of sp³-hybridized carbons (Fsp3) is 0.286. The van der Waals surface area contributed by atoms with Crippen LogP contribution in [-0.2, 0) is 4.74 Å². The van der Waals surface area contributed by atoms with Crippen LogP contribution in [0.15, 0.2) is 45.6 Å². The third-order valence-electron chi connectivity index (χ3n) is 5.13. The van der Waals surface area contributed by atoms with Crippen LogP contribution in [0.25, 0.3) is 22.3 Å². The summed E-state index contributed by atoms with van der Waals surface area (Å²) in [6.45, 7) is -0.706. The zero-order chi connectivity index (χ0) is 23.2. The molecule has 4 rings (SSSR count). The molecule has 0 unspecified atom stereocenters. The Bertz CT molecular complexity index is 1190. The predicted molar refractivity (Wildman–Crippen MR) is 107 cm³/mol. The standard InChI is InChI=1S/C21H20O11/c22-7-13-15(26)17(28)18(29)21(31-13)32-20-16(27)14-11(25)5-10(24)6-12(14)30-19(20)8-1-3-9(23)4-2-8/h1-6,13,15,17-18,21-26,28-29H,7H2/t13-,15-,17-,18+,21+/m1/s1. The molecule has 1 aromatic heterocycles. The number of aromatic hydroxyl groups is 3. The molecule has 7 N–H and O–H groups in total. The molecule has 0 amide bonds. The van der Waals surface area contributed by atoms with E-state index < -0.39 is 54.2 Å². The lowest BCUT2D eigenvalue weighted by Gasteiger charge is -2.39. The SMILES string of the molecule is O=c1c(O[C@@H]2O[C@H](CO)[C@@H](O)[C@@H](O)[C@@H]2O)c(-c2ccc(O)cc2)oc2cc(O)cc(O)c12. The summed E-state index contributed by atoms with van der Waals surface area (Å²) in [6.07, 6.45) is -8.16. The van der Waals surface area contributed by atoms with E-state index in [1.54, 1.807) is 0 Å². The van der Waals surface area contributed by atoms with Crippen LogP contribution in [0.2, 0.25) is 0 Å². The van der Waals surface area contributed by atoms with E-state index in [1.165, 1.54) is 24.3 Å². The van der Waals surface area contributed by atoms with Crippen LogP contribution in [0.4, 0.5) is 0 Å². The summed E-state index contributed by atoms with van der Waals surface area (Å²) >= 11 is 0. The van der Waals surface area contributed by atoms with E-state index in [-0.39, 0.29) is 33.8 Å². The smallest absolute Gasteiger partial charge is 0.239 e. The van der Waals surface area contributed by atoms with Crippen molar-refractivity contribution < 1.29 is 49.6 Å². The van der Waals surface area contributed by atoms with Crippen molar-refractivity contribution in [3.8, 4) is 34.3 Å². The number of aliphatic hydroxyl groups excluding tert-OH is 4. The number of aliphatic hydroxyl groups is 4. The van der Waals surface area contributed by atoms with Gasteiger partial charge in [-0.1, -0.05) is 0 Å². The second-order valence-corrected chi connectivity index (χ2v) is 7.29. The Kier molecular flexibility index (Phi) is 5.67. The molecule has 11 nitrogen and oxygen atoms in total. The first-order valence-corrected chi connectivity index (χ1v) is 9.50. The molecule has 5 atom stereocenters. The van der Waals surface area contributed by atoms with E-state index in [1.807, 2.05) is 0 Å². The topological polar surface area (TPSA) is 190 Å². The summed E-state index contributed by atoms with van der Waals surface area (Å²) < 4.78 is 16.6. The Labute approximate surface area is 179 Å². The molecule has 0 spiro atoms. The molecule has 0 aliphatic carbocycles. The minimum absolute atomic E-state index is 0.0661. The first-order chi connectivity index (χ1) is 15.2. The van der Waals surface area contributed by atoms with Crippen molar-refractivity contribution in [3.63, 3.8) is 0 Å². The average Bonchev–Trinajstić information content (AvgIpc) is 2.75. The number of hydrogen-bond donors (Lipinski definition) is 7. The zero-order valence-corrected chi connectivity index (χ0v) is 16.3. The molecule has 11 heteroatoms. The van der Waals surface area contributed by atoms with Gasteiger partial charge in [0.15, 0.2) is 5.76 Å². The fourth-order valence-corrected chi connectivity index (χ4v) is 3.46. The Morgan fingerprint density at radius 1 is 0.906 bits per heavy atom. The van der Waals surface area contributed by atoms with E-state index in [9.17, 15) is 40.5 Å². The molecule has 1 saturated heterocycles. The van der Waals surface area contributed by atoms with E-state index in [0.717, 1.165) is 12.1 Å². The van der Waals surface area contributed by atoms with Crippen molar-refractivity contribution in [2.75, 3.05) is 6.61 Å². The number of phenolic OH excluding ortho intramolecular Hbond substituents is 3.